The molecule has 0 heterocycles. The Morgan fingerprint density at radius 3 is 1.13 bits per heavy atom. The molecule has 0 aromatic heterocycles. The summed E-state index contributed by atoms with van der Waals surface area (Å²) in [5.74, 6) is -1.08. The fraction of sp³-hybridized carbons (Fsp3) is 0.463. The summed E-state index contributed by atoms with van der Waals surface area (Å²) in [5.41, 5.74) is 0. The van der Waals surface area contributed by atoms with Crippen LogP contribution in [-0.2, 0) is 28.6 Å². The lowest BCUT2D eigenvalue weighted by atomic mass is 10.1. The minimum Gasteiger partial charge on any atom is -0.462 e. The van der Waals surface area contributed by atoms with E-state index in [1.54, 1.807) is 0 Å². The van der Waals surface area contributed by atoms with Gasteiger partial charge in [-0.05, 0) is 89.9 Å². The van der Waals surface area contributed by atoms with E-state index in [1.165, 1.54) is 0 Å². The van der Waals surface area contributed by atoms with Crippen LogP contribution in [0.3, 0.4) is 0 Å². The van der Waals surface area contributed by atoms with E-state index in [1.807, 2.05) is 97.2 Å². The van der Waals surface area contributed by atoms with Crippen molar-refractivity contribution in [2.24, 2.45) is 0 Å². The van der Waals surface area contributed by atoms with Crippen molar-refractivity contribution in [1.29, 1.82) is 0 Å². The van der Waals surface area contributed by atoms with Crippen molar-refractivity contribution in [3.8, 4) is 0 Å². The first-order valence-electron chi connectivity index (χ1n) is 22.6. The number of hydrogen-bond acceptors (Lipinski definition) is 6. The van der Waals surface area contributed by atoms with Crippen LogP contribution in [0.25, 0.3) is 0 Å². The van der Waals surface area contributed by atoms with E-state index in [9.17, 15) is 14.4 Å². The lowest BCUT2D eigenvalue weighted by molar-refractivity contribution is -0.167. The van der Waals surface area contributed by atoms with Crippen molar-refractivity contribution in [2.45, 2.75) is 149 Å². The molecule has 1 atom stereocenters. The second-order valence-corrected chi connectivity index (χ2v) is 14.1. The van der Waals surface area contributed by atoms with Gasteiger partial charge in [0, 0.05) is 19.3 Å². The zero-order chi connectivity index (χ0) is 43.7. The number of carbonyl (C=O) groups is 3. The maximum atomic E-state index is 12.7. The topological polar surface area (TPSA) is 78.9 Å². The molecule has 0 amide bonds. The van der Waals surface area contributed by atoms with Gasteiger partial charge >= 0.3 is 17.9 Å². The van der Waals surface area contributed by atoms with Crippen LogP contribution in [-0.4, -0.2) is 37.2 Å². The van der Waals surface area contributed by atoms with E-state index < -0.39 is 6.10 Å². The van der Waals surface area contributed by atoms with Crippen LogP contribution in [0.1, 0.15) is 143 Å². The Balaban J connectivity index is 4.66. The molecular formula is C54H78O6. The lowest BCUT2D eigenvalue weighted by Gasteiger charge is -2.18. The molecule has 0 saturated carbocycles. The Morgan fingerprint density at radius 2 is 0.683 bits per heavy atom. The van der Waals surface area contributed by atoms with E-state index in [-0.39, 0.29) is 50.4 Å². The van der Waals surface area contributed by atoms with Crippen molar-refractivity contribution < 1.29 is 28.6 Å². The molecule has 330 valence electrons. The van der Waals surface area contributed by atoms with E-state index >= 15 is 0 Å². The SMILES string of the molecule is CC\C=C/C=C\C=C/C=C\C=C/CCCCCC(=O)OCC(COC(=O)CCCC/C=C\C/C=C\C/C=C\CC)OC(=O)CCCCC\C=C/C=C\C=C/C=C\C=C/CC. The van der Waals surface area contributed by atoms with Gasteiger partial charge in [-0.2, -0.15) is 0 Å². The molecule has 0 bridgehead atoms. The minimum atomic E-state index is -0.840. The second kappa shape index (κ2) is 46.7. The number of allylic oxidation sites excluding steroid dienone is 26. The monoisotopic (exact) mass is 823 g/mol. The number of hydrogen-bond donors (Lipinski definition) is 0. The highest BCUT2D eigenvalue weighted by molar-refractivity contribution is 5.71. The molecule has 0 aromatic carbocycles. The Kier molecular flexibility index (Phi) is 42.8. The van der Waals surface area contributed by atoms with Gasteiger partial charge in [0.15, 0.2) is 6.10 Å². The predicted molar refractivity (Wildman–Crippen MR) is 255 cm³/mol. The Morgan fingerprint density at radius 1 is 0.350 bits per heavy atom. The molecule has 0 aliphatic carbocycles. The molecule has 0 N–H and O–H groups in total. The summed E-state index contributed by atoms with van der Waals surface area (Å²) in [5, 5.41) is 0. The highest BCUT2D eigenvalue weighted by atomic mass is 16.6. The normalized spacial score (nSPS) is 13.6. The van der Waals surface area contributed by atoms with Gasteiger partial charge in [0.2, 0.25) is 0 Å². The molecule has 0 saturated heterocycles. The molecule has 0 spiro atoms. The molecule has 0 aliphatic heterocycles. The van der Waals surface area contributed by atoms with Crippen LogP contribution in [0.15, 0.2) is 158 Å². The first-order valence-corrected chi connectivity index (χ1v) is 22.6. The molecule has 0 aromatic rings. The number of carbonyl (C=O) groups excluding carboxylic acids is 3. The molecule has 0 fully saturated rings. The average molecular weight is 823 g/mol. The third-order valence-corrected chi connectivity index (χ3v) is 8.51. The maximum absolute atomic E-state index is 12.7. The molecule has 0 aliphatic rings. The van der Waals surface area contributed by atoms with Gasteiger partial charge in [0.25, 0.3) is 0 Å². The highest BCUT2D eigenvalue weighted by Gasteiger charge is 2.19. The third kappa shape index (κ3) is 44.1. The number of esters is 3. The van der Waals surface area contributed by atoms with E-state index in [2.05, 4.69) is 81.5 Å². The fourth-order valence-corrected chi connectivity index (χ4v) is 5.20. The van der Waals surface area contributed by atoms with Crippen molar-refractivity contribution in [1.82, 2.24) is 0 Å². The maximum Gasteiger partial charge on any atom is 0.306 e. The Bertz CT molecular complexity index is 1460. The van der Waals surface area contributed by atoms with Crippen LogP contribution < -0.4 is 0 Å². The highest BCUT2D eigenvalue weighted by Crippen LogP contribution is 2.10. The van der Waals surface area contributed by atoms with Crippen LogP contribution in [0, 0.1) is 0 Å². The summed E-state index contributed by atoms with van der Waals surface area (Å²) in [6.07, 6.45) is 68.0. The fourth-order valence-electron chi connectivity index (χ4n) is 5.20. The Hall–Kier alpha value is -4.97. The lowest BCUT2D eigenvalue weighted by Crippen LogP contribution is -2.30. The van der Waals surface area contributed by atoms with Gasteiger partial charge in [0.1, 0.15) is 13.2 Å². The van der Waals surface area contributed by atoms with Crippen molar-refractivity contribution in [3.05, 3.63) is 158 Å². The van der Waals surface area contributed by atoms with Crippen molar-refractivity contribution in [3.63, 3.8) is 0 Å². The quantitative estimate of drug-likeness (QED) is 0.0204. The van der Waals surface area contributed by atoms with Crippen molar-refractivity contribution >= 4 is 17.9 Å². The first-order chi connectivity index (χ1) is 29.5. The number of ether oxygens (including phenoxy) is 3. The van der Waals surface area contributed by atoms with Crippen LogP contribution in [0.2, 0.25) is 0 Å². The molecule has 6 heteroatoms. The van der Waals surface area contributed by atoms with Gasteiger partial charge in [0.05, 0.1) is 0 Å². The van der Waals surface area contributed by atoms with E-state index in [0.717, 1.165) is 83.5 Å². The van der Waals surface area contributed by atoms with Gasteiger partial charge in [-0.1, -0.05) is 192 Å². The van der Waals surface area contributed by atoms with Crippen LogP contribution >= 0.6 is 0 Å². The third-order valence-electron chi connectivity index (χ3n) is 8.51. The van der Waals surface area contributed by atoms with Crippen LogP contribution in [0.4, 0.5) is 0 Å². The summed E-state index contributed by atoms with van der Waals surface area (Å²) >= 11 is 0. The second-order valence-electron chi connectivity index (χ2n) is 14.1. The number of unbranched alkanes of at least 4 members (excludes halogenated alkanes) is 8. The summed E-state index contributed by atoms with van der Waals surface area (Å²) < 4.78 is 16.6. The van der Waals surface area contributed by atoms with Crippen molar-refractivity contribution in [2.75, 3.05) is 13.2 Å². The minimum absolute atomic E-state index is 0.138. The van der Waals surface area contributed by atoms with Gasteiger partial charge in [-0.3, -0.25) is 14.4 Å². The average Bonchev–Trinajstić information content (AvgIpc) is 3.24. The summed E-state index contributed by atoms with van der Waals surface area (Å²) in [7, 11) is 0. The van der Waals surface area contributed by atoms with Crippen LogP contribution in [0.5, 0.6) is 0 Å². The largest absolute Gasteiger partial charge is 0.462 e. The summed E-state index contributed by atoms with van der Waals surface area (Å²) in [4.78, 5) is 37.8. The molecule has 1 unspecified atom stereocenters. The molecule has 0 radical (unpaired) electrons. The summed E-state index contributed by atoms with van der Waals surface area (Å²) in [6.45, 7) is 6.07. The molecule has 0 rings (SSSR count). The van der Waals surface area contributed by atoms with Gasteiger partial charge in [-0.25, -0.2) is 0 Å². The van der Waals surface area contributed by atoms with E-state index in [4.69, 9.17) is 14.2 Å². The van der Waals surface area contributed by atoms with Gasteiger partial charge < -0.3 is 14.2 Å². The van der Waals surface area contributed by atoms with E-state index in [0.29, 0.717) is 19.3 Å². The van der Waals surface area contributed by atoms with Gasteiger partial charge in [-0.15, -0.1) is 0 Å². The molecule has 6 nitrogen and oxygen atoms in total. The smallest absolute Gasteiger partial charge is 0.306 e. The standard InChI is InChI=1S/C54H78O6/c1-4-7-10-13-16-19-22-25-27-29-32-35-38-41-44-47-53(56)59-50-51(49-58-52(55)46-43-40-37-34-31-24-21-18-15-12-9-6-3)60-54(57)48-45-42-39-36-33-30-28-26-23-20-17-14-11-8-5-2/h7-14,16-23,25-34,51H,4-6,15,24,35-50H2,1-3H3/b10-7-,11-8-,12-9-,16-13-,17-14-,21-18-,22-19-,23-20-,27-25-,28-26-,32-29-,33-30-,34-31-. The molecule has 60 heavy (non-hydrogen) atoms. The molecular weight excluding hydrogens is 745 g/mol. The zero-order valence-electron chi connectivity index (χ0n) is 37.4. The Labute approximate surface area is 365 Å². The summed E-state index contributed by atoms with van der Waals surface area (Å²) in [6, 6.07) is 0. The zero-order valence-corrected chi connectivity index (χ0v) is 37.4. The first kappa shape index (κ1) is 55.0. The number of rotatable bonds is 37. The predicted octanol–water partition coefficient (Wildman–Crippen LogP) is 14.7.